The lowest BCUT2D eigenvalue weighted by molar-refractivity contribution is 0.594. The van der Waals surface area contributed by atoms with Crippen molar-refractivity contribution >= 4 is 34.1 Å². The van der Waals surface area contributed by atoms with Gasteiger partial charge in [0.1, 0.15) is 46.3 Å². The molecule has 1 aliphatic carbocycles. The lowest BCUT2D eigenvalue weighted by atomic mass is 10.1. The van der Waals surface area contributed by atoms with Crippen LogP contribution < -0.4 is 16.6 Å². The monoisotopic (exact) mass is 494 g/mol. The Morgan fingerprint density at radius 1 is 1.26 bits per heavy atom. The van der Waals surface area contributed by atoms with Crippen LogP contribution in [-0.4, -0.2) is 24.5 Å². The topological polar surface area (TPSA) is 135 Å². The fourth-order valence-corrected chi connectivity index (χ4v) is 4.23. The van der Waals surface area contributed by atoms with Gasteiger partial charge in [0.05, 0.1) is 34.5 Å². The summed E-state index contributed by atoms with van der Waals surface area (Å²) in [7, 11) is 0. The summed E-state index contributed by atoms with van der Waals surface area (Å²) >= 11 is 6.24. The molecule has 0 amide bonds. The number of hydrogen-bond donors (Lipinski definition) is 2. The molecule has 1 aliphatic rings. The van der Waals surface area contributed by atoms with E-state index in [1.807, 2.05) is 6.07 Å². The van der Waals surface area contributed by atoms with E-state index in [2.05, 4.69) is 25.3 Å². The largest absolute Gasteiger partial charge is 0.382 e. The van der Waals surface area contributed by atoms with E-state index in [1.165, 1.54) is 12.3 Å². The Morgan fingerprint density at radius 2 is 2.03 bits per heavy atom. The second-order valence-corrected chi connectivity index (χ2v) is 8.58. The van der Waals surface area contributed by atoms with Gasteiger partial charge < -0.3 is 11.1 Å². The predicted octanol–water partition coefficient (Wildman–Crippen LogP) is 3.83. The van der Waals surface area contributed by atoms with Crippen LogP contribution in [0.1, 0.15) is 36.1 Å². The van der Waals surface area contributed by atoms with Crippen molar-refractivity contribution in [3.05, 3.63) is 74.8 Å². The standard InChI is InChI=1S/C23H17ClF2N8O/c1-10-30-20(28)14(7-27)21(31-10)32-18(11-2-3-11)22-33-19-16(26)5-4-15(24)17(19)23(35)34(22)13-6-12(25)8-29-9-13/h4-6,8-9,11,18H,2-3H2,1H3,(H3,28,30,31,32)/t18-/m0/s1. The molecule has 3 aromatic heterocycles. The number of nitrogens with two attached hydrogens (primary N) is 1. The van der Waals surface area contributed by atoms with E-state index < -0.39 is 23.2 Å². The number of benzene rings is 1. The molecule has 0 unspecified atom stereocenters. The maximum Gasteiger partial charge on any atom is 0.267 e. The summed E-state index contributed by atoms with van der Waals surface area (Å²) in [6.07, 6.45) is 3.84. The summed E-state index contributed by atoms with van der Waals surface area (Å²) in [6.45, 7) is 1.62. The van der Waals surface area contributed by atoms with Gasteiger partial charge in [-0.05, 0) is 37.8 Å². The highest BCUT2D eigenvalue weighted by Crippen LogP contribution is 2.43. The van der Waals surface area contributed by atoms with Gasteiger partial charge in [0.2, 0.25) is 0 Å². The molecule has 0 spiro atoms. The smallest absolute Gasteiger partial charge is 0.267 e. The molecule has 9 nitrogen and oxygen atoms in total. The van der Waals surface area contributed by atoms with E-state index >= 15 is 0 Å². The third kappa shape index (κ3) is 4.02. The fourth-order valence-electron chi connectivity index (χ4n) is 3.99. The molecule has 35 heavy (non-hydrogen) atoms. The Labute approximate surface area is 202 Å². The maximum atomic E-state index is 14.8. The first-order chi connectivity index (χ1) is 16.8. The number of aryl methyl sites for hydroxylation is 1. The first kappa shape index (κ1) is 22.6. The first-order valence-electron chi connectivity index (χ1n) is 10.6. The lowest BCUT2D eigenvalue weighted by Gasteiger charge is -2.24. The Kier molecular flexibility index (Phi) is 5.53. The Balaban J connectivity index is 1.80. The molecular weight excluding hydrogens is 478 g/mol. The first-order valence-corrected chi connectivity index (χ1v) is 11.0. The van der Waals surface area contributed by atoms with Gasteiger partial charge in [0, 0.05) is 6.07 Å². The van der Waals surface area contributed by atoms with E-state index in [0.717, 1.165) is 35.7 Å². The molecule has 0 saturated heterocycles. The number of nitrogen functional groups attached to an aromatic ring is 1. The minimum atomic E-state index is -0.735. The average molecular weight is 495 g/mol. The van der Waals surface area contributed by atoms with E-state index in [4.69, 9.17) is 17.3 Å². The van der Waals surface area contributed by atoms with Crippen LogP contribution in [0.4, 0.5) is 20.4 Å². The minimum Gasteiger partial charge on any atom is -0.382 e. The van der Waals surface area contributed by atoms with Crippen LogP contribution in [-0.2, 0) is 0 Å². The van der Waals surface area contributed by atoms with Gasteiger partial charge in [0.25, 0.3) is 5.56 Å². The van der Waals surface area contributed by atoms with Crippen molar-refractivity contribution in [2.45, 2.75) is 25.8 Å². The molecule has 176 valence electrons. The zero-order valence-electron chi connectivity index (χ0n) is 18.3. The number of fused-ring (bicyclic) bond motifs is 1. The zero-order valence-corrected chi connectivity index (χ0v) is 19.0. The molecule has 3 N–H and O–H groups in total. The predicted molar refractivity (Wildman–Crippen MR) is 125 cm³/mol. The quantitative estimate of drug-likeness (QED) is 0.427. The van der Waals surface area contributed by atoms with Crippen LogP contribution in [0.15, 0.2) is 35.4 Å². The summed E-state index contributed by atoms with van der Waals surface area (Å²) < 4.78 is 30.1. The van der Waals surface area contributed by atoms with Crippen LogP contribution in [0.2, 0.25) is 5.02 Å². The molecule has 3 heterocycles. The van der Waals surface area contributed by atoms with Gasteiger partial charge in [-0.25, -0.2) is 23.7 Å². The Morgan fingerprint density at radius 3 is 2.71 bits per heavy atom. The molecule has 4 aromatic rings. The van der Waals surface area contributed by atoms with Crippen molar-refractivity contribution in [2.24, 2.45) is 5.92 Å². The Bertz CT molecular complexity index is 1600. The number of nitrogens with one attached hydrogen (secondary N) is 1. The SMILES string of the molecule is Cc1nc(N)c(C#N)c(N[C@H](c2nc3c(F)ccc(Cl)c3c(=O)n2-c2cncc(F)c2)C2CC2)n1. The highest BCUT2D eigenvalue weighted by molar-refractivity contribution is 6.35. The average Bonchev–Trinajstić information content (AvgIpc) is 3.64. The zero-order chi connectivity index (χ0) is 24.9. The fraction of sp³-hybridized carbons (Fsp3) is 0.217. The van der Waals surface area contributed by atoms with Crippen molar-refractivity contribution in [3.63, 3.8) is 0 Å². The molecule has 1 saturated carbocycles. The lowest BCUT2D eigenvalue weighted by Crippen LogP contribution is -2.30. The van der Waals surface area contributed by atoms with Crippen LogP contribution in [0, 0.1) is 35.8 Å². The number of aromatic nitrogens is 5. The highest BCUT2D eigenvalue weighted by atomic mass is 35.5. The number of hydrogen-bond acceptors (Lipinski definition) is 8. The third-order valence-electron chi connectivity index (χ3n) is 5.72. The molecule has 12 heteroatoms. The molecule has 0 bridgehead atoms. The molecule has 1 atom stereocenters. The molecule has 5 rings (SSSR count). The molecule has 0 aliphatic heterocycles. The van der Waals surface area contributed by atoms with Crippen molar-refractivity contribution in [1.82, 2.24) is 24.5 Å². The second kappa shape index (κ2) is 8.56. The summed E-state index contributed by atoms with van der Waals surface area (Å²) in [5, 5.41) is 12.6. The van der Waals surface area contributed by atoms with Crippen LogP contribution in [0.5, 0.6) is 0 Å². The molecule has 1 fully saturated rings. The second-order valence-electron chi connectivity index (χ2n) is 8.18. The van der Waals surface area contributed by atoms with Crippen molar-refractivity contribution < 1.29 is 8.78 Å². The van der Waals surface area contributed by atoms with Crippen LogP contribution in [0.25, 0.3) is 16.6 Å². The molecule has 0 radical (unpaired) electrons. The third-order valence-corrected chi connectivity index (χ3v) is 6.04. The van der Waals surface area contributed by atoms with Crippen molar-refractivity contribution in [2.75, 3.05) is 11.1 Å². The van der Waals surface area contributed by atoms with E-state index in [-0.39, 0.29) is 50.6 Å². The summed E-state index contributed by atoms with van der Waals surface area (Å²) in [6, 6.07) is 4.79. The molecular formula is C23H17ClF2N8O. The van der Waals surface area contributed by atoms with Gasteiger partial charge in [-0.2, -0.15) is 5.26 Å². The van der Waals surface area contributed by atoms with E-state index in [0.29, 0.717) is 5.82 Å². The highest BCUT2D eigenvalue weighted by Gasteiger charge is 2.37. The number of anilines is 2. The van der Waals surface area contributed by atoms with Gasteiger partial charge >= 0.3 is 0 Å². The van der Waals surface area contributed by atoms with Crippen LogP contribution >= 0.6 is 11.6 Å². The number of rotatable bonds is 5. The maximum absolute atomic E-state index is 14.8. The minimum absolute atomic E-state index is 0.00505. The summed E-state index contributed by atoms with van der Waals surface area (Å²) in [5.74, 6) is -0.870. The number of nitriles is 1. The van der Waals surface area contributed by atoms with Crippen molar-refractivity contribution in [1.29, 1.82) is 5.26 Å². The van der Waals surface area contributed by atoms with Gasteiger partial charge in [0.15, 0.2) is 5.82 Å². The van der Waals surface area contributed by atoms with Gasteiger partial charge in [-0.1, -0.05) is 11.6 Å². The van der Waals surface area contributed by atoms with Gasteiger partial charge in [-0.3, -0.25) is 14.3 Å². The van der Waals surface area contributed by atoms with E-state index in [9.17, 15) is 18.8 Å². The normalized spacial score (nSPS) is 14.0. The number of halogens is 3. The molecule has 1 aromatic carbocycles. The number of nitrogens with zero attached hydrogens (tertiary/aromatic N) is 6. The van der Waals surface area contributed by atoms with Gasteiger partial charge in [-0.15, -0.1) is 0 Å². The van der Waals surface area contributed by atoms with Crippen LogP contribution in [0.3, 0.4) is 0 Å². The Hall–Kier alpha value is -4.17. The summed E-state index contributed by atoms with van der Waals surface area (Å²) in [4.78, 5) is 30.3. The van der Waals surface area contributed by atoms with Crippen molar-refractivity contribution in [3.8, 4) is 11.8 Å². The summed E-state index contributed by atoms with van der Waals surface area (Å²) in [5.41, 5.74) is 5.12. The number of pyridine rings is 1. The van der Waals surface area contributed by atoms with E-state index in [1.54, 1.807) is 6.92 Å².